The van der Waals surface area contributed by atoms with Crippen LogP contribution in [0.3, 0.4) is 0 Å². The Hall–Kier alpha value is -3.32. The Bertz CT molecular complexity index is 1260. The highest BCUT2D eigenvalue weighted by atomic mass is 35.5. The molecule has 3 aromatic heterocycles. The molecule has 0 radical (unpaired) electrons. The molecule has 0 saturated carbocycles. The first-order chi connectivity index (χ1) is 16.5. The number of nitrogen functional groups attached to an aromatic ring is 1. The summed E-state index contributed by atoms with van der Waals surface area (Å²) in [6, 6.07) is 1.55. The van der Waals surface area contributed by atoms with Gasteiger partial charge in [0.1, 0.15) is 11.6 Å². The van der Waals surface area contributed by atoms with E-state index in [1.807, 2.05) is 5.92 Å². The minimum Gasteiger partial charge on any atom is -0.479 e. The number of terminal acetylenes is 1. The van der Waals surface area contributed by atoms with Crippen molar-refractivity contribution in [2.75, 3.05) is 19.5 Å². The van der Waals surface area contributed by atoms with Gasteiger partial charge in [0.25, 0.3) is 5.60 Å². The summed E-state index contributed by atoms with van der Waals surface area (Å²) in [7, 11) is 1.11. The van der Waals surface area contributed by atoms with Crippen molar-refractivity contribution in [2.45, 2.75) is 30.0 Å². The standard InChI is InChI=1S/C20H20ClN5O8S/c1-3-19(32,15(27)26-9-23-12-13(22)24-18(21)25-14(12)26)11(33-2)7-34-20(16(28)29,17(30)31)6-10-4-5-35-8-10/h1,4-5,8-9,11,15,27,32H,6-7H2,2H3,(H,28,29)(H,30,31)(H2,22,24,25)/t11-,15-,19-/m1/s1. The lowest BCUT2D eigenvalue weighted by Gasteiger charge is -2.36. The molecule has 0 saturated heterocycles. The molecular formula is C20H20ClN5O8S. The molecule has 15 heteroatoms. The number of aromatic nitrogens is 4. The van der Waals surface area contributed by atoms with Gasteiger partial charge < -0.3 is 35.6 Å². The van der Waals surface area contributed by atoms with E-state index in [1.54, 1.807) is 16.8 Å². The van der Waals surface area contributed by atoms with E-state index in [2.05, 4.69) is 15.0 Å². The van der Waals surface area contributed by atoms with Crippen LogP contribution in [0.5, 0.6) is 0 Å². The van der Waals surface area contributed by atoms with Gasteiger partial charge >= 0.3 is 11.9 Å². The van der Waals surface area contributed by atoms with Gasteiger partial charge in [-0.25, -0.2) is 14.6 Å². The summed E-state index contributed by atoms with van der Waals surface area (Å²) in [4.78, 5) is 35.6. The van der Waals surface area contributed by atoms with E-state index in [4.69, 9.17) is 33.2 Å². The van der Waals surface area contributed by atoms with Gasteiger partial charge in [-0.3, -0.25) is 4.57 Å². The van der Waals surface area contributed by atoms with Crippen molar-refractivity contribution in [1.82, 2.24) is 19.5 Å². The number of aliphatic hydroxyl groups is 2. The van der Waals surface area contributed by atoms with Crippen LogP contribution in [0.15, 0.2) is 23.2 Å². The molecule has 0 aliphatic heterocycles. The Kier molecular flexibility index (Phi) is 7.60. The second-order valence-corrected chi connectivity index (χ2v) is 8.44. The predicted molar refractivity (Wildman–Crippen MR) is 123 cm³/mol. The number of thiophene rings is 1. The van der Waals surface area contributed by atoms with Crippen molar-refractivity contribution in [2.24, 2.45) is 0 Å². The number of hydrogen-bond acceptors (Lipinski definition) is 11. The Morgan fingerprint density at radius 1 is 1.37 bits per heavy atom. The van der Waals surface area contributed by atoms with Crippen LogP contribution in [0.1, 0.15) is 11.8 Å². The van der Waals surface area contributed by atoms with Crippen LogP contribution >= 0.6 is 22.9 Å². The summed E-state index contributed by atoms with van der Waals surface area (Å²) >= 11 is 7.07. The summed E-state index contributed by atoms with van der Waals surface area (Å²) < 4.78 is 11.5. The second-order valence-electron chi connectivity index (χ2n) is 7.33. The highest BCUT2D eigenvalue weighted by molar-refractivity contribution is 7.07. The molecule has 0 fully saturated rings. The summed E-state index contributed by atoms with van der Waals surface area (Å²) in [5.74, 6) is -1.65. The lowest BCUT2D eigenvalue weighted by molar-refractivity contribution is -0.202. The number of nitrogens with zero attached hydrogens (tertiary/aromatic N) is 4. The highest BCUT2D eigenvalue weighted by Crippen LogP contribution is 2.31. The minimum absolute atomic E-state index is 0.0598. The Balaban J connectivity index is 1.95. The smallest absolute Gasteiger partial charge is 0.348 e. The average Bonchev–Trinajstić information content (AvgIpc) is 3.47. The van der Waals surface area contributed by atoms with E-state index in [9.17, 15) is 30.0 Å². The van der Waals surface area contributed by atoms with Gasteiger partial charge in [-0.2, -0.15) is 21.3 Å². The SMILES string of the molecule is C#C[C@@](O)([C@@H](COC(Cc1ccsc1)(C(=O)O)C(=O)O)OC)[C@@H](O)n1cnc2c(N)nc(Cl)nc21. The monoisotopic (exact) mass is 525 g/mol. The van der Waals surface area contributed by atoms with Crippen LogP contribution in [0.2, 0.25) is 5.28 Å². The van der Waals surface area contributed by atoms with Crippen LogP contribution in [0.25, 0.3) is 11.2 Å². The number of hydrogen-bond donors (Lipinski definition) is 5. The first kappa shape index (κ1) is 26.3. The van der Waals surface area contributed by atoms with E-state index >= 15 is 0 Å². The Morgan fingerprint density at radius 2 is 2.06 bits per heavy atom. The largest absolute Gasteiger partial charge is 0.479 e. The number of nitrogens with two attached hydrogens (primary N) is 1. The lowest BCUT2D eigenvalue weighted by Crippen LogP contribution is -2.56. The number of imidazole rings is 1. The van der Waals surface area contributed by atoms with Crippen LogP contribution in [0, 0.1) is 12.3 Å². The lowest BCUT2D eigenvalue weighted by atomic mass is 9.93. The van der Waals surface area contributed by atoms with Gasteiger partial charge in [0.05, 0.1) is 12.9 Å². The van der Waals surface area contributed by atoms with Gasteiger partial charge in [0, 0.05) is 13.5 Å². The van der Waals surface area contributed by atoms with Gasteiger partial charge in [-0.15, -0.1) is 6.42 Å². The number of carboxylic acids is 2. The molecule has 0 bridgehead atoms. The molecule has 0 unspecified atom stereocenters. The number of methoxy groups -OCH3 is 1. The topological polar surface area (TPSA) is 203 Å². The first-order valence-corrected chi connectivity index (χ1v) is 11.0. The predicted octanol–water partition coefficient (Wildman–Crippen LogP) is 0.161. The zero-order valence-electron chi connectivity index (χ0n) is 18.0. The van der Waals surface area contributed by atoms with Gasteiger partial charge in [-0.1, -0.05) is 5.92 Å². The molecule has 0 amide bonds. The number of fused-ring (bicyclic) bond motifs is 1. The van der Waals surface area contributed by atoms with Crippen LogP contribution in [0.4, 0.5) is 5.82 Å². The van der Waals surface area contributed by atoms with Crippen LogP contribution < -0.4 is 5.73 Å². The van der Waals surface area contributed by atoms with E-state index in [0.29, 0.717) is 5.56 Å². The maximum absolute atomic E-state index is 12.0. The number of anilines is 1. The molecule has 0 aliphatic carbocycles. The maximum atomic E-state index is 12.0. The van der Waals surface area contributed by atoms with Crippen molar-refractivity contribution in [3.63, 3.8) is 0 Å². The van der Waals surface area contributed by atoms with Crippen LogP contribution in [-0.2, 0) is 25.5 Å². The van der Waals surface area contributed by atoms with Crippen molar-refractivity contribution in [3.8, 4) is 12.3 Å². The van der Waals surface area contributed by atoms with E-state index in [1.165, 1.54) is 11.3 Å². The molecule has 3 heterocycles. The third-order valence-corrected chi connectivity index (χ3v) is 6.19. The summed E-state index contributed by atoms with van der Waals surface area (Å²) in [5.41, 5.74) is 0.839. The van der Waals surface area contributed by atoms with E-state index in [0.717, 1.165) is 18.0 Å². The van der Waals surface area contributed by atoms with E-state index in [-0.39, 0.29) is 22.3 Å². The number of aliphatic hydroxyl groups excluding tert-OH is 1. The van der Waals surface area contributed by atoms with Crippen molar-refractivity contribution < 1.29 is 39.5 Å². The molecule has 13 nitrogen and oxygen atoms in total. The number of aliphatic carboxylic acids is 2. The molecule has 0 spiro atoms. The third kappa shape index (κ3) is 4.78. The van der Waals surface area contributed by atoms with Gasteiger partial charge in [0.2, 0.25) is 5.28 Å². The zero-order valence-corrected chi connectivity index (χ0v) is 19.6. The van der Waals surface area contributed by atoms with E-state index < -0.39 is 48.5 Å². The number of rotatable bonds is 11. The van der Waals surface area contributed by atoms with Crippen LogP contribution in [-0.4, -0.2) is 82.9 Å². The molecule has 3 rings (SSSR count). The molecule has 3 atom stereocenters. The van der Waals surface area contributed by atoms with Gasteiger partial charge in [-0.05, 0) is 34.0 Å². The molecule has 0 aromatic carbocycles. The fraction of sp³-hybridized carbons (Fsp3) is 0.350. The van der Waals surface area contributed by atoms with Crippen molar-refractivity contribution in [1.29, 1.82) is 0 Å². The molecular weight excluding hydrogens is 506 g/mol. The fourth-order valence-corrected chi connectivity index (χ4v) is 4.17. The molecule has 0 aliphatic rings. The quantitative estimate of drug-likeness (QED) is 0.129. The molecule has 35 heavy (non-hydrogen) atoms. The third-order valence-electron chi connectivity index (χ3n) is 5.29. The van der Waals surface area contributed by atoms with Gasteiger partial charge in [0.15, 0.2) is 23.3 Å². The normalized spacial score (nSPS) is 15.3. The molecule has 6 N–H and O–H groups in total. The number of ether oxygens (including phenoxy) is 2. The maximum Gasteiger partial charge on any atom is 0.348 e. The Labute approximate surface area is 206 Å². The fourth-order valence-electron chi connectivity index (χ4n) is 3.33. The average molecular weight is 526 g/mol. The van der Waals surface area contributed by atoms with Crippen molar-refractivity contribution >= 4 is 51.9 Å². The summed E-state index contributed by atoms with van der Waals surface area (Å²) in [5, 5.41) is 44.6. The second kappa shape index (κ2) is 10.1. The summed E-state index contributed by atoms with van der Waals surface area (Å²) in [6.07, 6.45) is 2.47. The summed E-state index contributed by atoms with van der Waals surface area (Å²) in [6.45, 7) is -0.832. The number of halogens is 1. The molecule has 3 aromatic rings. The number of carbonyl (C=O) groups is 2. The Morgan fingerprint density at radius 3 is 2.60 bits per heavy atom. The highest BCUT2D eigenvalue weighted by Gasteiger charge is 2.51. The van der Waals surface area contributed by atoms with Crippen molar-refractivity contribution in [3.05, 3.63) is 34.0 Å². The minimum atomic E-state index is -2.73. The molecule has 186 valence electrons. The number of carboxylic acid groups (broad SMARTS) is 2. The zero-order chi connectivity index (χ0) is 26.0. The first-order valence-electron chi connectivity index (χ1n) is 9.68.